The van der Waals surface area contributed by atoms with E-state index >= 15 is 0 Å². The Kier molecular flexibility index (Phi) is 3.58. The average molecular weight is 276 g/mol. The summed E-state index contributed by atoms with van der Waals surface area (Å²) in [5, 5.41) is 0. The van der Waals surface area contributed by atoms with Crippen molar-refractivity contribution in [2.45, 2.75) is 33.3 Å². The van der Waals surface area contributed by atoms with Crippen molar-refractivity contribution < 1.29 is 9.22 Å². The lowest BCUT2D eigenvalue weighted by Crippen LogP contribution is -2.51. The fourth-order valence-electron chi connectivity index (χ4n) is 4.73. The first kappa shape index (κ1) is 14.3. The second kappa shape index (κ2) is 4.99. The van der Waals surface area contributed by atoms with Crippen LogP contribution in [-0.4, -0.2) is 44.4 Å². The van der Waals surface area contributed by atoms with Gasteiger partial charge in [-0.3, -0.25) is 0 Å². The molecule has 1 fully saturated rings. The van der Waals surface area contributed by atoms with Gasteiger partial charge < -0.3 is 9.22 Å². The molecule has 5 atom stereocenters. The molecule has 112 valence electrons. The number of quaternary nitrogens is 1. The number of hydrogen-bond donors (Lipinski definition) is 0. The lowest BCUT2D eigenvalue weighted by Gasteiger charge is -2.49. The highest BCUT2D eigenvalue weighted by molar-refractivity contribution is 5.24. The van der Waals surface area contributed by atoms with Gasteiger partial charge in [-0.2, -0.15) is 0 Å². The van der Waals surface area contributed by atoms with E-state index in [2.05, 4.69) is 47.0 Å². The summed E-state index contributed by atoms with van der Waals surface area (Å²) < 4.78 is 7.48. The molecule has 2 heteroatoms. The minimum atomic E-state index is 0.336. The largest absolute Gasteiger partial charge is 0.373 e. The van der Waals surface area contributed by atoms with Gasteiger partial charge in [0.25, 0.3) is 0 Å². The van der Waals surface area contributed by atoms with Crippen molar-refractivity contribution >= 4 is 0 Å². The lowest BCUT2D eigenvalue weighted by atomic mass is 9.64. The molecule has 2 bridgehead atoms. The quantitative estimate of drug-likeness (QED) is 0.528. The summed E-state index contributed by atoms with van der Waals surface area (Å²) in [7, 11) is 4.68. The first-order chi connectivity index (χ1) is 9.39. The molecule has 2 nitrogen and oxygen atoms in total. The second-order valence-corrected chi connectivity index (χ2v) is 7.96. The Balaban J connectivity index is 1.88. The van der Waals surface area contributed by atoms with Crippen molar-refractivity contribution in [2.75, 3.05) is 33.8 Å². The summed E-state index contributed by atoms with van der Waals surface area (Å²) in [5.74, 6) is 2.75. The first-order valence-corrected chi connectivity index (χ1v) is 8.20. The minimum absolute atomic E-state index is 0.336. The number of fused-ring (bicyclic) bond motifs is 2. The van der Waals surface area contributed by atoms with Gasteiger partial charge in [0.15, 0.2) is 0 Å². The Labute approximate surface area is 124 Å². The molecule has 2 heterocycles. The normalized spacial score (nSPS) is 43.8. The predicted molar refractivity (Wildman–Crippen MR) is 83.3 cm³/mol. The molecule has 3 rings (SSSR count). The van der Waals surface area contributed by atoms with Gasteiger partial charge in [-0.15, -0.1) is 0 Å². The fraction of sp³-hybridized carbons (Fsp3) is 0.778. The van der Waals surface area contributed by atoms with Crippen LogP contribution in [0.25, 0.3) is 0 Å². The van der Waals surface area contributed by atoms with Crippen LogP contribution in [0.15, 0.2) is 23.3 Å². The smallest absolute Gasteiger partial charge is 0.102 e. The second-order valence-electron chi connectivity index (χ2n) is 7.96. The fourth-order valence-corrected chi connectivity index (χ4v) is 4.73. The van der Waals surface area contributed by atoms with Crippen LogP contribution in [0.2, 0.25) is 0 Å². The van der Waals surface area contributed by atoms with Gasteiger partial charge in [0.05, 0.1) is 33.4 Å². The van der Waals surface area contributed by atoms with E-state index in [1.807, 2.05) is 0 Å². The van der Waals surface area contributed by atoms with Crippen LogP contribution in [-0.2, 0) is 4.74 Å². The summed E-state index contributed by atoms with van der Waals surface area (Å²) in [6.07, 6.45) is 6.51. The molecule has 0 spiro atoms. The average Bonchev–Trinajstić information content (AvgIpc) is 2.34. The Morgan fingerprint density at radius 3 is 2.70 bits per heavy atom. The van der Waals surface area contributed by atoms with E-state index in [1.165, 1.54) is 13.0 Å². The monoisotopic (exact) mass is 276 g/mol. The van der Waals surface area contributed by atoms with Crippen LogP contribution in [0.5, 0.6) is 0 Å². The van der Waals surface area contributed by atoms with Crippen molar-refractivity contribution in [3.8, 4) is 0 Å². The van der Waals surface area contributed by atoms with Crippen molar-refractivity contribution in [1.82, 2.24) is 0 Å². The maximum absolute atomic E-state index is 6.37. The number of likely N-dealkylation sites (N-methyl/N-ethyl adjacent to an activating group) is 1. The molecule has 0 radical (unpaired) electrons. The van der Waals surface area contributed by atoms with Crippen molar-refractivity contribution in [3.63, 3.8) is 0 Å². The first-order valence-electron chi connectivity index (χ1n) is 8.20. The summed E-state index contributed by atoms with van der Waals surface area (Å²) in [6.45, 7) is 10.5. The van der Waals surface area contributed by atoms with E-state index in [0.29, 0.717) is 23.9 Å². The standard InChI is InChI=1S/C18H30NO/c1-12-9-13(2)17-14(3)16(12)11-20-18(17)15-7-6-8-19(4,5)10-15/h7,9,12,14,16-18H,6,8,10-11H2,1-5H3/q+1/t12-,14+,16-,17+,18-/m1/s1. The highest BCUT2D eigenvalue weighted by atomic mass is 16.5. The van der Waals surface area contributed by atoms with Crippen molar-refractivity contribution in [3.05, 3.63) is 23.3 Å². The van der Waals surface area contributed by atoms with Crippen LogP contribution >= 0.6 is 0 Å². The summed E-state index contributed by atoms with van der Waals surface area (Å²) >= 11 is 0. The molecular weight excluding hydrogens is 246 g/mol. The molecule has 0 aromatic rings. The number of ether oxygens (including phenoxy) is 1. The molecule has 0 aromatic heterocycles. The van der Waals surface area contributed by atoms with E-state index in [9.17, 15) is 0 Å². The Hall–Kier alpha value is -0.600. The molecule has 0 aromatic carbocycles. The number of allylic oxidation sites excluding steroid dienone is 1. The van der Waals surface area contributed by atoms with E-state index in [0.717, 1.165) is 23.6 Å². The third-order valence-electron chi connectivity index (χ3n) is 5.88. The predicted octanol–water partition coefficient (Wildman–Crippen LogP) is 3.26. The van der Waals surface area contributed by atoms with Gasteiger partial charge in [-0.1, -0.05) is 31.6 Å². The van der Waals surface area contributed by atoms with Crippen LogP contribution in [0, 0.1) is 23.7 Å². The molecule has 1 aliphatic carbocycles. The third kappa shape index (κ3) is 2.37. The molecule has 1 saturated heterocycles. The van der Waals surface area contributed by atoms with Crippen LogP contribution in [0.3, 0.4) is 0 Å². The van der Waals surface area contributed by atoms with Gasteiger partial charge in [-0.05, 0) is 24.7 Å². The molecule has 0 amide bonds. The molecule has 20 heavy (non-hydrogen) atoms. The van der Waals surface area contributed by atoms with Gasteiger partial charge in [0.2, 0.25) is 0 Å². The van der Waals surface area contributed by atoms with Crippen LogP contribution in [0.1, 0.15) is 27.2 Å². The SMILES string of the molecule is CC1=C[C@@H](C)[C@H]2CO[C@H](C3=CCC[N+](C)(C)C3)[C@@H]1[C@H]2C. The maximum atomic E-state index is 6.37. The number of rotatable bonds is 1. The molecule has 2 aliphatic heterocycles. The topological polar surface area (TPSA) is 9.23 Å². The molecule has 0 unspecified atom stereocenters. The van der Waals surface area contributed by atoms with Gasteiger partial charge in [-0.25, -0.2) is 0 Å². The molecular formula is C18H30NO+. The van der Waals surface area contributed by atoms with E-state index in [1.54, 1.807) is 11.1 Å². The van der Waals surface area contributed by atoms with Gasteiger partial charge in [0.1, 0.15) is 6.54 Å². The molecule has 3 aliphatic rings. The zero-order valence-electron chi connectivity index (χ0n) is 13.7. The van der Waals surface area contributed by atoms with Gasteiger partial charge in [0, 0.05) is 17.9 Å². The van der Waals surface area contributed by atoms with Crippen LogP contribution < -0.4 is 0 Å². The Bertz CT molecular complexity index is 448. The highest BCUT2D eigenvalue weighted by Crippen LogP contribution is 2.46. The Morgan fingerprint density at radius 2 is 2.00 bits per heavy atom. The number of hydrogen-bond acceptors (Lipinski definition) is 1. The lowest BCUT2D eigenvalue weighted by molar-refractivity contribution is -0.887. The zero-order chi connectivity index (χ0) is 14.5. The molecule has 0 N–H and O–H groups in total. The van der Waals surface area contributed by atoms with E-state index < -0.39 is 0 Å². The van der Waals surface area contributed by atoms with Crippen molar-refractivity contribution in [2.24, 2.45) is 23.7 Å². The van der Waals surface area contributed by atoms with Crippen molar-refractivity contribution in [1.29, 1.82) is 0 Å². The summed E-state index contributed by atoms with van der Waals surface area (Å²) in [6, 6.07) is 0. The Morgan fingerprint density at radius 1 is 1.25 bits per heavy atom. The third-order valence-corrected chi connectivity index (χ3v) is 5.88. The van der Waals surface area contributed by atoms with E-state index in [4.69, 9.17) is 4.74 Å². The highest BCUT2D eigenvalue weighted by Gasteiger charge is 2.45. The summed E-state index contributed by atoms with van der Waals surface area (Å²) in [4.78, 5) is 0. The van der Waals surface area contributed by atoms with E-state index in [-0.39, 0.29) is 0 Å². The zero-order valence-corrected chi connectivity index (χ0v) is 13.7. The number of nitrogens with zero attached hydrogens (tertiary/aromatic N) is 1. The minimum Gasteiger partial charge on any atom is -0.373 e. The van der Waals surface area contributed by atoms with Gasteiger partial charge >= 0.3 is 0 Å². The van der Waals surface area contributed by atoms with Crippen LogP contribution in [0.4, 0.5) is 0 Å². The maximum Gasteiger partial charge on any atom is 0.102 e. The summed E-state index contributed by atoms with van der Waals surface area (Å²) in [5.41, 5.74) is 3.11. The molecule has 0 saturated carbocycles.